The molecule has 1 aliphatic heterocycles. The summed E-state index contributed by atoms with van der Waals surface area (Å²) in [6.07, 6.45) is 3.87. The highest BCUT2D eigenvalue weighted by molar-refractivity contribution is 6.38. The summed E-state index contributed by atoms with van der Waals surface area (Å²) >= 11 is 0. The SMILES string of the molecule is CCC(C)(C)C(=O)C(=O)N1CCCCC1C(=O)OC(CCc1ccccc1)c1cccc(OCCCNO)c1. The molecule has 2 aromatic rings. The Balaban J connectivity index is 1.79. The lowest BCUT2D eigenvalue weighted by Gasteiger charge is -2.36. The topological polar surface area (TPSA) is 105 Å². The minimum absolute atomic E-state index is 0.366. The highest BCUT2D eigenvalue weighted by atomic mass is 16.5. The predicted molar refractivity (Wildman–Crippen MR) is 148 cm³/mol. The lowest BCUT2D eigenvalue weighted by Crippen LogP contribution is -2.53. The van der Waals surface area contributed by atoms with Crippen molar-refractivity contribution in [2.24, 2.45) is 5.41 Å². The minimum Gasteiger partial charge on any atom is -0.494 e. The molecule has 2 unspecified atom stereocenters. The van der Waals surface area contributed by atoms with E-state index in [4.69, 9.17) is 14.7 Å². The number of amides is 1. The number of hydroxylamine groups is 1. The molecule has 2 N–H and O–H groups in total. The molecule has 2 aromatic carbocycles. The van der Waals surface area contributed by atoms with Gasteiger partial charge in [-0.2, -0.15) is 0 Å². The molecule has 0 aromatic heterocycles. The second-order valence-corrected chi connectivity index (χ2v) is 10.7. The Morgan fingerprint density at radius 1 is 1.10 bits per heavy atom. The zero-order valence-electron chi connectivity index (χ0n) is 23.4. The van der Waals surface area contributed by atoms with Gasteiger partial charge in [0.2, 0.25) is 5.78 Å². The molecule has 0 bridgehead atoms. The van der Waals surface area contributed by atoms with Gasteiger partial charge >= 0.3 is 5.97 Å². The Morgan fingerprint density at radius 3 is 2.59 bits per heavy atom. The van der Waals surface area contributed by atoms with Crippen LogP contribution in [0.4, 0.5) is 0 Å². The van der Waals surface area contributed by atoms with E-state index in [9.17, 15) is 14.4 Å². The van der Waals surface area contributed by atoms with Crippen LogP contribution in [-0.4, -0.2) is 53.5 Å². The number of piperidine rings is 1. The summed E-state index contributed by atoms with van der Waals surface area (Å²) in [5.41, 5.74) is 3.26. The fourth-order valence-electron chi connectivity index (χ4n) is 4.60. The summed E-state index contributed by atoms with van der Waals surface area (Å²) in [4.78, 5) is 41.2. The molecule has 2 atom stereocenters. The van der Waals surface area contributed by atoms with Gasteiger partial charge in [-0.15, -0.1) is 0 Å². The van der Waals surface area contributed by atoms with Crippen molar-refractivity contribution >= 4 is 17.7 Å². The quantitative estimate of drug-likeness (QED) is 0.150. The summed E-state index contributed by atoms with van der Waals surface area (Å²) < 4.78 is 11.9. The Kier molecular flexibility index (Phi) is 11.5. The average Bonchev–Trinajstić information content (AvgIpc) is 2.97. The van der Waals surface area contributed by atoms with E-state index in [1.807, 2.05) is 61.5 Å². The number of carbonyl (C=O) groups excluding carboxylic acids is 3. The van der Waals surface area contributed by atoms with Crippen LogP contribution < -0.4 is 10.2 Å². The van der Waals surface area contributed by atoms with Crippen LogP contribution in [0.1, 0.15) is 76.5 Å². The maximum Gasteiger partial charge on any atom is 0.329 e. The van der Waals surface area contributed by atoms with Crippen LogP contribution in [0.2, 0.25) is 0 Å². The zero-order valence-corrected chi connectivity index (χ0v) is 23.4. The Labute approximate surface area is 231 Å². The van der Waals surface area contributed by atoms with Crippen LogP contribution in [-0.2, 0) is 25.5 Å². The molecule has 0 radical (unpaired) electrons. The van der Waals surface area contributed by atoms with Crippen LogP contribution in [0.25, 0.3) is 0 Å². The molecule has 1 amide bonds. The second kappa shape index (κ2) is 14.8. The molecule has 3 rings (SSSR count). The molecule has 1 saturated heterocycles. The van der Waals surface area contributed by atoms with Crippen molar-refractivity contribution in [1.29, 1.82) is 0 Å². The fourth-order valence-corrected chi connectivity index (χ4v) is 4.60. The monoisotopic (exact) mass is 538 g/mol. The van der Waals surface area contributed by atoms with Gasteiger partial charge in [-0.25, -0.2) is 10.3 Å². The Hall–Kier alpha value is -3.23. The molecular formula is C31H42N2O6. The average molecular weight is 539 g/mol. The summed E-state index contributed by atoms with van der Waals surface area (Å²) in [5, 5.41) is 8.76. The molecule has 212 valence electrons. The van der Waals surface area contributed by atoms with Gasteiger partial charge in [0, 0.05) is 18.5 Å². The third-order valence-electron chi connectivity index (χ3n) is 7.46. The standard InChI is InChI=1S/C31H42N2O6/c1-4-31(2,3)28(34)29(35)33-20-9-8-16-26(33)30(36)39-27(18-17-23-12-6-5-7-13-23)24-14-10-15-25(22-24)38-21-11-19-32-37/h5-7,10,12-15,22,26-27,32,37H,4,8-9,11,16-21H2,1-3H3. The number of hydrogen-bond donors (Lipinski definition) is 2. The lowest BCUT2D eigenvalue weighted by atomic mass is 9.84. The van der Waals surface area contributed by atoms with E-state index in [-0.39, 0.29) is 0 Å². The van der Waals surface area contributed by atoms with E-state index < -0.39 is 35.2 Å². The van der Waals surface area contributed by atoms with Crippen LogP contribution >= 0.6 is 0 Å². The zero-order chi connectivity index (χ0) is 28.3. The number of hydrogen-bond acceptors (Lipinski definition) is 7. The van der Waals surface area contributed by atoms with E-state index in [0.717, 1.165) is 24.0 Å². The summed E-state index contributed by atoms with van der Waals surface area (Å²) in [7, 11) is 0. The van der Waals surface area contributed by atoms with Crippen molar-refractivity contribution in [3.8, 4) is 5.75 Å². The van der Waals surface area contributed by atoms with Gasteiger partial charge in [-0.3, -0.25) is 9.59 Å². The van der Waals surface area contributed by atoms with Crippen molar-refractivity contribution in [1.82, 2.24) is 10.4 Å². The maximum atomic E-state index is 13.6. The van der Waals surface area contributed by atoms with Crippen molar-refractivity contribution in [2.45, 2.75) is 77.9 Å². The molecule has 8 heteroatoms. The second-order valence-electron chi connectivity index (χ2n) is 10.7. The molecular weight excluding hydrogens is 496 g/mol. The van der Waals surface area contributed by atoms with Crippen LogP contribution in [0.5, 0.6) is 5.75 Å². The smallest absolute Gasteiger partial charge is 0.329 e. The van der Waals surface area contributed by atoms with E-state index in [0.29, 0.717) is 57.6 Å². The Morgan fingerprint density at radius 2 is 1.87 bits per heavy atom. The molecule has 1 fully saturated rings. The number of benzene rings is 2. The van der Waals surface area contributed by atoms with Crippen molar-refractivity contribution < 1.29 is 29.1 Å². The molecule has 1 heterocycles. The number of ketones is 1. The van der Waals surface area contributed by atoms with E-state index in [1.165, 1.54) is 4.90 Å². The van der Waals surface area contributed by atoms with Gasteiger partial charge in [0.15, 0.2) is 0 Å². The number of nitrogens with zero attached hydrogens (tertiary/aromatic N) is 1. The van der Waals surface area contributed by atoms with E-state index in [2.05, 4.69) is 5.48 Å². The first-order chi connectivity index (χ1) is 18.8. The van der Waals surface area contributed by atoms with Gasteiger partial charge < -0.3 is 19.6 Å². The number of aryl methyl sites for hydroxylation is 1. The molecule has 39 heavy (non-hydrogen) atoms. The molecule has 0 spiro atoms. The first-order valence-electron chi connectivity index (χ1n) is 14.0. The maximum absolute atomic E-state index is 13.6. The van der Waals surface area contributed by atoms with Crippen molar-refractivity contribution in [3.63, 3.8) is 0 Å². The normalized spacial score (nSPS) is 16.4. The lowest BCUT2D eigenvalue weighted by molar-refractivity contribution is -0.164. The molecule has 1 aliphatic rings. The first kappa shape index (κ1) is 30.3. The Bertz CT molecular complexity index is 1090. The third-order valence-corrected chi connectivity index (χ3v) is 7.46. The highest BCUT2D eigenvalue weighted by Gasteiger charge is 2.41. The number of carbonyl (C=O) groups is 3. The third kappa shape index (κ3) is 8.63. The number of likely N-dealkylation sites (tertiary alicyclic amines) is 1. The molecule has 8 nitrogen and oxygen atoms in total. The molecule has 0 aliphatic carbocycles. The number of Topliss-reactive ketones (excluding diaryl/α,β-unsaturated/α-hetero) is 1. The summed E-state index contributed by atoms with van der Waals surface area (Å²) in [6.45, 7) is 6.62. The molecule has 0 saturated carbocycles. The van der Waals surface area contributed by atoms with Gasteiger partial charge in [0.1, 0.15) is 17.9 Å². The van der Waals surface area contributed by atoms with Gasteiger partial charge in [-0.05, 0) is 68.2 Å². The number of rotatable bonds is 14. The highest BCUT2D eigenvalue weighted by Crippen LogP contribution is 2.30. The van der Waals surface area contributed by atoms with Crippen LogP contribution in [0, 0.1) is 5.41 Å². The predicted octanol–water partition coefficient (Wildman–Crippen LogP) is 5.04. The van der Waals surface area contributed by atoms with Gasteiger partial charge in [-0.1, -0.05) is 63.2 Å². The van der Waals surface area contributed by atoms with E-state index >= 15 is 0 Å². The summed E-state index contributed by atoms with van der Waals surface area (Å²) in [6, 6.07) is 16.7. The fraction of sp³-hybridized carbons (Fsp3) is 0.516. The first-order valence-corrected chi connectivity index (χ1v) is 14.0. The van der Waals surface area contributed by atoms with Gasteiger partial charge in [0.25, 0.3) is 5.91 Å². The number of ether oxygens (including phenoxy) is 2. The van der Waals surface area contributed by atoms with Crippen molar-refractivity contribution in [3.05, 3.63) is 65.7 Å². The summed E-state index contributed by atoms with van der Waals surface area (Å²) in [5.74, 6) is -0.903. The van der Waals surface area contributed by atoms with Crippen LogP contribution in [0.15, 0.2) is 54.6 Å². The van der Waals surface area contributed by atoms with Gasteiger partial charge in [0.05, 0.1) is 6.61 Å². The van der Waals surface area contributed by atoms with Crippen LogP contribution in [0.3, 0.4) is 0 Å². The minimum atomic E-state index is -0.785. The van der Waals surface area contributed by atoms with Crippen molar-refractivity contribution in [2.75, 3.05) is 19.7 Å². The van der Waals surface area contributed by atoms with E-state index in [1.54, 1.807) is 13.8 Å². The largest absolute Gasteiger partial charge is 0.494 e. The number of nitrogens with one attached hydrogen (secondary N) is 1. The number of esters is 1.